The highest BCUT2D eigenvalue weighted by molar-refractivity contribution is 5.90. The molecule has 2 N–H and O–H groups in total. The number of halogens is 2. The topological polar surface area (TPSA) is 43.1 Å². The first-order valence-electron chi connectivity index (χ1n) is 3.51. The average Bonchev–Trinajstić information content (AvgIpc) is 1.99. The molecule has 4 heteroatoms. The molecule has 0 bridgehead atoms. The smallest absolute Gasteiger partial charge is 0.241 e. The van der Waals surface area contributed by atoms with Gasteiger partial charge in [-0.05, 0) is 23.8 Å². The molecule has 0 radical (unpaired) electrons. The second-order valence-corrected chi connectivity index (χ2v) is 2.44. The average molecular weight is 183 g/mol. The van der Waals surface area contributed by atoms with Gasteiger partial charge >= 0.3 is 0 Å². The van der Waals surface area contributed by atoms with Gasteiger partial charge in [0.1, 0.15) is 11.6 Å². The second-order valence-electron chi connectivity index (χ2n) is 2.44. The lowest BCUT2D eigenvalue weighted by molar-refractivity contribution is -0.113. The van der Waals surface area contributed by atoms with Crippen LogP contribution in [0.15, 0.2) is 24.3 Å². The second kappa shape index (κ2) is 3.80. The minimum Gasteiger partial charge on any atom is -0.366 e. The third-order valence-corrected chi connectivity index (χ3v) is 1.32. The fourth-order valence-electron chi connectivity index (χ4n) is 0.850. The molecule has 1 amide bonds. The lowest BCUT2D eigenvalue weighted by atomic mass is 10.2. The molecule has 1 aromatic rings. The van der Waals surface area contributed by atoms with Crippen LogP contribution < -0.4 is 5.73 Å². The molecule has 0 unspecified atom stereocenters. The molecule has 0 aromatic heterocycles. The summed E-state index contributed by atoms with van der Waals surface area (Å²) in [5.74, 6) is -2.04. The van der Waals surface area contributed by atoms with Crippen molar-refractivity contribution in [3.8, 4) is 0 Å². The van der Waals surface area contributed by atoms with Crippen LogP contribution in [0, 0.1) is 11.6 Å². The Morgan fingerprint density at radius 1 is 1.23 bits per heavy atom. The van der Waals surface area contributed by atoms with Crippen molar-refractivity contribution < 1.29 is 13.6 Å². The Labute approximate surface area is 73.7 Å². The molecule has 0 fully saturated rings. The van der Waals surface area contributed by atoms with Crippen LogP contribution in [-0.2, 0) is 4.79 Å². The summed E-state index contributed by atoms with van der Waals surface area (Å²) < 4.78 is 25.1. The molecule has 2 nitrogen and oxygen atoms in total. The SMILES string of the molecule is NC(=O)C=Cc1cc(F)cc(F)c1. The molecule has 0 saturated carbocycles. The zero-order valence-corrected chi connectivity index (χ0v) is 6.63. The lowest BCUT2D eigenvalue weighted by Crippen LogP contribution is -2.05. The predicted molar refractivity (Wildman–Crippen MR) is 44.6 cm³/mol. The Bertz CT molecular complexity index is 340. The molecule has 0 aliphatic rings. The number of hydrogen-bond donors (Lipinski definition) is 1. The van der Waals surface area contributed by atoms with Gasteiger partial charge in [-0.3, -0.25) is 4.79 Å². The molecule has 0 spiro atoms. The zero-order valence-electron chi connectivity index (χ0n) is 6.63. The minimum atomic E-state index is -0.691. The van der Waals surface area contributed by atoms with E-state index in [0.29, 0.717) is 0 Å². The lowest BCUT2D eigenvalue weighted by Gasteiger charge is -1.94. The van der Waals surface area contributed by atoms with Crippen molar-refractivity contribution in [2.24, 2.45) is 5.73 Å². The van der Waals surface area contributed by atoms with Crippen LogP contribution in [0.3, 0.4) is 0 Å². The summed E-state index contributed by atoms with van der Waals surface area (Å²) in [6, 6.07) is 2.95. The quantitative estimate of drug-likeness (QED) is 0.693. The van der Waals surface area contributed by atoms with Gasteiger partial charge in [0.25, 0.3) is 0 Å². The van der Waals surface area contributed by atoms with E-state index in [2.05, 4.69) is 0 Å². The molecule has 0 aliphatic carbocycles. The molecule has 1 aromatic carbocycles. The number of hydrogen-bond acceptors (Lipinski definition) is 1. The fraction of sp³-hybridized carbons (Fsp3) is 0. The third-order valence-electron chi connectivity index (χ3n) is 1.32. The van der Waals surface area contributed by atoms with Crippen LogP contribution in [0.4, 0.5) is 8.78 Å². The summed E-state index contributed by atoms with van der Waals surface area (Å²) in [5.41, 5.74) is 5.06. The first-order chi connectivity index (χ1) is 6.08. The highest BCUT2D eigenvalue weighted by Gasteiger charge is 1.97. The van der Waals surface area contributed by atoms with E-state index in [1.165, 1.54) is 6.08 Å². The molecule has 13 heavy (non-hydrogen) atoms. The standard InChI is InChI=1S/C9H7F2NO/c10-7-3-6(1-2-9(12)13)4-8(11)5-7/h1-5H,(H2,12,13). The summed E-state index contributed by atoms with van der Waals surface area (Å²) in [7, 11) is 0. The predicted octanol–water partition coefficient (Wildman–Crippen LogP) is 1.46. The van der Waals surface area contributed by atoms with Gasteiger partial charge in [-0.15, -0.1) is 0 Å². The first kappa shape index (κ1) is 9.38. The monoisotopic (exact) mass is 183 g/mol. The van der Waals surface area contributed by atoms with E-state index in [0.717, 1.165) is 24.3 Å². The largest absolute Gasteiger partial charge is 0.366 e. The van der Waals surface area contributed by atoms with E-state index in [4.69, 9.17) is 5.73 Å². The van der Waals surface area contributed by atoms with Gasteiger partial charge < -0.3 is 5.73 Å². The van der Waals surface area contributed by atoms with Gasteiger partial charge in [-0.25, -0.2) is 8.78 Å². The van der Waals surface area contributed by atoms with Crippen molar-refractivity contribution in [1.29, 1.82) is 0 Å². The molecule has 0 saturated heterocycles. The van der Waals surface area contributed by atoms with Crippen LogP contribution in [0.2, 0.25) is 0 Å². The van der Waals surface area contributed by atoms with Crippen LogP contribution in [0.25, 0.3) is 6.08 Å². The van der Waals surface area contributed by atoms with Gasteiger partial charge in [0, 0.05) is 12.1 Å². The number of primary amides is 1. The summed E-state index contributed by atoms with van der Waals surface area (Å²) >= 11 is 0. The normalized spacial score (nSPS) is 10.6. The van der Waals surface area contributed by atoms with Crippen LogP contribution in [-0.4, -0.2) is 5.91 Å². The maximum atomic E-state index is 12.6. The van der Waals surface area contributed by atoms with Crippen molar-refractivity contribution in [3.63, 3.8) is 0 Å². The Morgan fingerprint density at radius 2 is 1.77 bits per heavy atom. The Morgan fingerprint density at radius 3 is 2.23 bits per heavy atom. The van der Waals surface area contributed by atoms with Crippen molar-refractivity contribution in [2.75, 3.05) is 0 Å². The van der Waals surface area contributed by atoms with Crippen LogP contribution in [0.5, 0.6) is 0 Å². The molecule has 0 atom stereocenters. The molecule has 68 valence electrons. The van der Waals surface area contributed by atoms with Crippen LogP contribution >= 0.6 is 0 Å². The minimum absolute atomic E-state index is 0.260. The van der Waals surface area contributed by atoms with E-state index < -0.39 is 17.5 Å². The summed E-state index contributed by atoms with van der Waals surface area (Å²) in [4.78, 5) is 10.3. The number of rotatable bonds is 2. The van der Waals surface area contributed by atoms with E-state index in [1.54, 1.807) is 0 Å². The number of benzene rings is 1. The molecule has 1 rings (SSSR count). The van der Waals surface area contributed by atoms with Gasteiger partial charge in [0.05, 0.1) is 0 Å². The fourth-order valence-corrected chi connectivity index (χ4v) is 0.850. The van der Waals surface area contributed by atoms with Gasteiger partial charge in [0.2, 0.25) is 5.91 Å². The number of carbonyl (C=O) groups excluding carboxylic acids is 1. The van der Waals surface area contributed by atoms with Crippen molar-refractivity contribution in [1.82, 2.24) is 0 Å². The maximum Gasteiger partial charge on any atom is 0.241 e. The van der Waals surface area contributed by atoms with E-state index in [9.17, 15) is 13.6 Å². The van der Waals surface area contributed by atoms with Gasteiger partial charge in [-0.1, -0.05) is 0 Å². The number of amides is 1. The van der Waals surface area contributed by atoms with Crippen molar-refractivity contribution >= 4 is 12.0 Å². The van der Waals surface area contributed by atoms with E-state index >= 15 is 0 Å². The highest BCUT2D eigenvalue weighted by atomic mass is 19.1. The molecule has 0 heterocycles. The van der Waals surface area contributed by atoms with E-state index in [1.807, 2.05) is 0 Å². The molecular formula is C9H7F2NO. The maximum absolute atomic E-state index is 12.6. The molecular weight excluding hydrogens is 176 g/mol. The summed E-state index contributed by atoms with van der Waals surface area (Å²) in [6.45, 7) is 0. The Hall–Kier alpha value is -1.71. The molecule has 0 aliphatic heterocycles. The zero-order chi connectivity index (χ0) is 9.84. The Kier molecular flexibility index (Phi) is 2.74. The Balaban J connectivity index is 2.95. The number of carbonyl (C=O) groups is 1. The third kappa shape index (κ3) is 3.02. The first-order valence-corrected chi connectivity index (χ1v) is 3.51. The summed E-state index contributed by atoms with van der Waals surface area (Å²) in [5, 5.41) is 0. The van der Waals surface area contributed by atoms with Crippen molar-refractivity contribution in [3.05, 3.63) is 41.5 Å². The van der Waals surface area contributed by atoms with Crippen LogP contribution in [0.1, 0.15) is 5.56 Å². The highest BCUT2D eigenvalue weighted by Crippen LogP contribution is 2.08. The van der Waals surface area contributed by atoms with Gasteiger partial charge in [-0.2, -0.15) is 0 Å². The van der Waals surface area contributed by atoms with Crippen molar-refractivity contribution in [2.45, 2.75) is 0 Å². The van der Waals surface area contributed by atoms with Gasteiger partial charge in [0.15, 0.2) is 0 Å². The van der Waals surface area contributed by atoms with E-state index in [-0.39, 0.29) is 5.56 Å². The summed E-state index contributed by atoms with van der Waals surface area (Å²) in [6.07, 6.45) is 2.28. The number of nitrogens with two attached hydrogens (primary N) is 1.